The van der Waals surface area contributed by atoms with Gasteiger partial charge in [0.1, 0.15) is 5.76 Å². The highest BCUT2D eigenvalue weighted by Crippen LogP contribution is 2.19. The monoisotopic (exact) mass is 311 g/mol. The molecule has 0 bridgehead atoms. The van der Waals surface area contributed by atoms with Crippen molar-refractivity contribution in [3.63, 3.8) is 0 Å². The molecule has 0 fully saturated rings. The average Bonchev–Trinajstić information content (AvgIpc) is 2.88. The van der Waals surface area contributed by atoms with Gasteiger partial charge in [-0.3, -0.25) is 0 Å². The van der Waals surface area contributed by atoms with Gasteiger partial charge in [0.2, 0.25) is 5.09 Å². The van der Waals surface area contributed by atoms with Gasteiger partial charge in [-0.2, -0.15) is 4.31 Å². The van der Waals surface area contributed by atoms with Gasteiger partial charge in [0.05, 0.1) is 19.1 Å². The van der Waals surface area contributed by atoms with Crippen LogP contribution in [0.2, 0.25) is 0 Å². The minimum atomic E-state index is -3.69. The predicted octanol–water partition coefficient (Wildman–Crippen LogP) is 1.30. The van der Waals surface area contributed by atoms with Crippen molar-refractivity contribution in [2.45, 2.75) is 11.0 Å². The van der Waals surface area contributed by atoms with E-state index in [1.807, 2.05) is 0 Å². The summed E-state index contributed by atoms with van der Waals surface area (Å²) in [7, 11) is -0.660. The van der Waals surface area contributed by atoms with Crippen LogP contribution in [0.25, 0.3) is 0 Å². The molecule has 0 aliphatic rings. The van der Waals surface area contributed by atoms with E-state index in [4.69, 9.17) is 25.5 Å². The van der Waals surface area contributed by atoms with Crippen molar-refractivity contribution >= 4 is 21.6 Å². The lowest BCUT2D eigenvalue weighted by atomic mass is 10.5. The number of hydrogen-bond acceptors (Lipinski definition) is 5. The molecule has 0 N–H and O–H groups in total. The molecule has 6 nitrogen and oxygen atoms in total. The lowest BCUT2D eigenvalue weighted by molar-refractivity contribution is 0.149. The molecule has 0 aromatic carbocycles. The zero-order valence-corrected chi connectivity index (χ0v) is 12.5. The lowest BCUT2D eigenvalue weighted by Gasteiger charge is -2.19. The summed E-state index contributed by atoms with van der Waals surface area (Å²) in [6, 6.07) is 2.95. The summed E-state index contributed by atoms with van der Waals surface area (Å²) in [4.78, 5) is 0. The molecule has 1 aromatic heterocycles. The number of sulfonamides is 1. The van der Waals surface area contributed by atoms with Crippen LogP contribution in [0.3, 0.4) is 0 Å². The third-order valence-corrected chi connectivity index (χ3v) is 4.49. The van der Waals surface area contributed by atoms with Gasteiger partial charge in [0.25, 0.3) is 10.0 Å². The number of halogens is 1. The number of hydrogen-bond donors (Lipinski definition) is 0. The van der Waals surface area contributed by atoms with E-state index < -0.39 is 10.0 Å². The van der Waals surface area contributed by atoms with Crippen molar-refractivity contribution in [3.8, 4) is 0 Å². The third-order valence-electron chi connectivity index (χ3n) is 2.45. The van der Waals surface area contributed by atoms with Gasteiger partial charge in [-0.05, 0) is 12.1 Å². The molecular weight excluding hydrogens is 294 g/mol. The predicted molar refractivity (Wildman–Crippen MR) is 70.8 cm³/mol. The molecule has 19 heavy (non-hydrogen) atoms. The number of alkyl halides is 1. The van der Waals surface area contributed by atoms with Crippen molar-refractivity contribution < 1.29 is 22.3 Å². The number of nitrogens with zero attached hydrogens (tertiary/aromatic N) is 1. The Balaban J connectivity index is 2.90. The molecule has 0 amide bonds. The molecule has 0 spiro atoms. The second-order valence-corrected chi connectivity index (χ2v) is 5.88. The Morgan fingerprint density at radius 1 is 1.21 bits per heavy atom. The van der Waals surface area contributed by atoms with E-state index in [0.29, 0.717) is 19.0 Å². The van der Waals surface area contributed by atoms with Crippen LogP contribution in [-0.4, -0.2) is 53.2 Å². The molecule has 8 heteroatoms. The molecule has 1 heterocycles. The van der Waals surface area contributed by atoms with Gasteiger partial charge >= 0.3 is 0 Å². The van der Waals surface area contributed by atoms with E-state index in [2.05, 4.69) is 0 Å². The summed E-state index contributed by atoms with van der Waals surface area (Å²) in [5.74, 6) is 0.546. The molecule has 1 aromatic rings. The van der Waals surface area contributed by atoms with E-state index >= 15 is 0 Å². The second kappa shape index (κ2) is 7.86. The summed E-state index contributed by atoms with van der Waals surface area (Å²) in [6.07, 6.45) is 0. The standard InChI is InChI=1S/C11H18ClNO5S/c1-16-7-5-13(6-8-17-2)19(14,15)11-4-3-10(9-12)18-11/h3-4H,5-9H2,1-2H3. The van der Waals surface area contributed by atoms with Gasteiger partial charge in [-0.15, -0.1) is 11.6 Å². The number of methoxy groups -OCH3 is 2. The maximum Gasteiger partial charge on any atom is 0.276 e. The van der Waals surface area contributed by atoms with Crippen molar-refractivity contribution in [1.29, 1.82) is 0 Å². The van der Waals surface area contributed by atoms with Crippen LogP contribution in [0.4, 0.5) is 0 Å². The number of ether oxygens (including phenoxy) is 2. The molecule has 110 valence electrons. The minimum Gasteiger partial charge on any atom is -0.447 e. The Kier molecular flexibility index (Phi) is 6.81. The fourth-order valence-electron chi connectivity index (χ4n) is 1.43. The van der Waals surface area contributed by atoms with E-state index in [-0.39, 0.29) is 24.1 Å². The Labute approximate surface area is 118 Å². The molecule has 0 saturated heterocycles. The van der Waals surface area contributed by atoms with Gasteiger partial charge in [-0.25, -0.2) is 8.42 Å². The average molecular weight is 312 g/mol. The highest BCUT2D eigenvalue weighted by Gasteiger charge is 2.27. The largest absolute Gasteiger partial charge is 0.447 e. The molecule has 0 radical (unpaired) electrons. The fraction of sp³-hybridized carbons (Fsp3) is 0.636. The first-order valence-electron chi connectivity index (χ1n) is 5.69. The van der Waals surface area contributed by atoms with Crippen molar-refractivity contribution in [2.75, 3.05) is 40.5 Å². The topological polar surface area (TPSA) is 69.0 Å². The zero-order chi connectivity index (χ0) is 14.3. The van der Waals surface area contributed by atoms with Crippen LogP contribution in [0, 0.1) is 0 Å². The maximum absolute atomic E-state index is 12.4. The second-order valence-electron chi connectivity index (χ2n) is 3.74. The molecule has 0 atom stereocenters. The van der Waals surface area contributed by atoms with Crippen LogP contribution in [0.5, 0.6) is 0 Å². The molecule has 0 aliphatic heterocycles. The molecule has 0 unspecified atom stereocenters. The maximum atomic E-state index is 12.4. The van der Waals surface area contributed by atoms with Crippen LogP contribution in [0.1, 0.15) is 5.76 Å². The zero-order valence-electron chi connectivity index (χ0n) is 11.0. The minimum absolute atomic E-state index is 0.115. The van der Waals surface area contributed by atoms with E-state index in [1.165, 1.54) is 24.6 Å². The van der Waals surface area contributed by atoms with Gasteiger partial charge < -0.3 is 13.9 Å². The Bertz CT molecular complexity index is 465. The smallest absolute Gasteiger partial charge is 0.276 e. The summed E-state index contributed by atoms with van der Waals surface area (Å²) in [6.45, 7) is 1.07. The summed E-state index contributed by atoms with van der Waals surface area (Å²) < 4.78 is 41.0. The highest BCUT2D eigenvalue weighted by molar-refractivity contribution is 7.89. The van der Waals surface area contributed by atoms with Crippen LogP contribution in [0.15, 0.2) is 21.6 Å². The van der Waals surface area contributed by atoms with Crippen molar-refractivity contribution in [2.24, 2.45) is 0 Å². The molecule has 0 aliphatic carbocycles. The Hall–Kier alpha value is -0.600. The summed E-state index contributed by atoms with van der Waals surface area (Å²) in [5, 5.41) is -0.115. The Morgan fingerprint density at radius 3 is 2.21 bits per heavy atom. The van der Waals surface area contributed by atoms with Crippen LogP contribution >= 0.6 is 11.6 Å². The third kappa shape index (κ3) is 4.47. The summed E-state index contributed by atoms with van der Waals surface area (Å²) >= 11 is 5.59. The number of furan rings is 1. The van der Waals surface area contributed by atoms with Gasteiger partial charge in [0.15, 0.2) is 0 Å². The highest BCUT2D eigenvalue weighted by atomic mass is 35.5. The Morgan fingerprint density at radius 2 is 1.79 bits per heavy atom. The molecular formula is C11H18ClNO5S. The van der Waals surface area contributed by atoms with Crippen molar-refractivity contribution in [3.05, 3.63) is 17.9 Å². The van der Waals surface area contributed by atoms with E-state index in [0.717, 1.165) is 0 Å². The van der Waals surface area contributed by atoms with Gasteiger partial charge in [-0.1, -0.05) is 0 Å². The normalized spacial score (nSPS) is 12.2. The first kappa shape index (κ1) is 16.5. The van der Waals surface area contributed by atoms with E-state index in [9.17, 15) is 8.42 Å². The first-order valence-corrected chi connectivity index (χ1v) is 7.66. The molecule has 1 rings (SSSR count). The number of rotatable bonds is 9. The van der Waals surface area contributed by atoms with Crippen molar-refractivity contribution in [1.82, 2.24) is 4.31 Å². The molecule has 0 saturated carbocycles. The van der Waals surface area contributed by atoms with Gasteiger partial charge in [0, 0.05) is 27.3 Å². The fourth-order valence-corrected chi connectivity index (χ4v) is 2.91. The van der Waals surface area contributed by atoms with Crippen LogP contribution < -0.4 is 0 Å². The van der Waals surface area contributed by atoms with E-state index in [1.54, 1.807) is 6.07 Å². The quantitative estimate of drug-likeness (QED) is 0.643. The SMILES string of the molecule is COCCN(CCOC)S(=O)(=O)c1ccc(CCl)o1. The van der Waals surface area contributed by atoms with Crippen LogP contribution in [-0.2, 0) is 25.4 Å². The summed E-state index contributed by atoms with van der Waals surface area (Å²) in [5.41, 5.74) is 0. The first-order chi connectivity index (χ1) is 9.06. The lowest BCUT2D eigenvalue weighted by Crippen LogP contribution is -2.36.